The van der Waals surface area contributed by atoms with Crippen LogP contribution in [-0.4, -0.2) is 48.9 Å². The summed E-state index contributed by atoms with van der Waals surface area (Å²) in [4.78, 5) is 36.9. The Bertz CT molecular complexity index is 519. The van der Waals surface area contributed by atoms with Gasteiger partial charge in [0.05, 0.1) is 12.7 Å². The monoisotopic (exact) mass is 322 g/mol. The first-order valence-electron chi connectivity index (χ1n) is 7.92. The summed E-state index contributed by atoms with van der Waals surface area (Å²) in [6.45, 7) is 1.37. The van der Waals surface area contributed by atoms with Crippen molar-refractivity contribution in [2.45, 2.75) is 32.1 Å². The van der Waals surface area contributed by atoms with E-state index in [2.05, 4.69) is 5.32 Å². The number of carbonyl (C=O) groups excluding carboxylic acids is 3. The van der Waals surface area contributed by atoms with Crippen LogP contribution in [0.2, 0.25) is 0 Å². The van der Waals surface area contributed by atoms with Crippen LogP contribution < -0.4 is 5.32 Å². The number of esters is 1. The number of furan rings is 1. The highest BCUT2D eigenvalue weighted by Gasteiger charge is 2.17. The Labute approximate surface area is 135 Å². The zero-order chi connectivity index (χ0) is 16.5. The third kappa shape index (κ3) is 5.77. The quantitative estimate of drug-likeness (QED) is 0.799. The van der Waals surface area contributed by atoms with Gasteiger partial charge in [-0.3, -0.25) is 14.4 Å². The van der Waals surface area contributed by atoms with E-state index >= 15 is 0 Å². The third-order valence-corrected chi connectivity index (χ3v) is 3.68. The van der Waals surface area contributed by atoms with Gasteiger partial charge in [0, 0.05) is 19.6 Å². The maximum atomic E-state index is 12.0. The molecule has 0 radical (unpaired) electrons. The normalized spacial score (nSPS) is 14.9. The molecule has 1 fully saturated rings. The molecule has 0 aromatic carbocycles. The minimum absolute atomic E-state index is 0.0136. The summed E-state index contributed by atoms with van der Waals surface area (Å²) >= 11 is 0. The first kappa shape index (κ1) is 17.1. The largest absolute Gasteiger partial charge is 0.459 e. The van der Waals surface area contributed by atoms with Gasteiger partial charge in [0.2, 0.25) is 0 Å². The Morgan fingerprint density at radius 2 is 1.91 bits per heavy atom. The first-order chi connectivity index (χ1) is 11.2. The molecule has 1 aromatic heterocycles. The molecule has 7 heteroatoms. The lowest BCUT2D eigenvalue weighted by Crippen LogP contribution is -2.35. The van der Waals surface area contributed by atoms with Gasteiger partial charge in [-0.15, -0.1) is 0 Å². The molecule has 126 valence electrons. The van der Waals surface area contributed by atoms with Crippen LogP contribution in [0.5, 0.6) is 0 Å². The molecule has 1 N–H and O–H groups in total. The number of rotatable bonds is 6. The molecular formula is C16H22N2O5. The summed E-state index contributed by atoms with van der Waals surface area (Å²) in [6, 6.07) is 3.14. The van der Waals surface area contributed by atoms with Gasteiger partial charge in [-0.2, -0.15) is 0 Å². The molecule has 23 heavy (non-hydrogen) atoms. The summed E-state index contributed by atoms with van der Waals surface area (Å²) in [5, 5.41) is 2.55. The fourth-order valence-electron chi connectivity index (χ4n) is 2.40. The molecule has 0 atom stereocenters. The predicted molar refractivity (Wildman–Crippen MR) is 81.7 cm³/mol. The van der Waals surface area contributed by atoms with Crippen molar-refractivity contribution in [3.8, 4) is 0 Å². The fourth-order valence-corrected chi connectivity index (χ4v) is 2.40. The Morgan fingerprint density at radius 1 is 1.17 bits per heavy atom. The Hall–Kier alpha value is -2.31. The molecule has 1 aliphatic rings. The van der Waals surface area contributed by atoms with E-state index in [9.17, 15) is 14.4 Å². The van der Waals surface area contributed by atoms with Gasteiger partial charge in [-0.05, 0) is 25.0 Å². The van der Waals surface area contributed by atoms with Crippen LogP contribution in [0, 0.1) is 0 Å². The van der Waals surface area contributed by atoms with Crippen LogP contribution in [0.25, 0.3) is 0 Å². The third-order valence-electron chi connectivity index (χ3n) is 3.68. The van der Waals surface area contributed by atoms with Gasteiger partial charge in [-0.1, -0.05) is 12.8 Å². The minimum atomic E-state index is -0.507. The Kier molecular flexibility index (Phi) is 6.65. The van der Waals surface area contributed by atoms with Crippen molar-refractivity contribution in [2.75, 3.05) is 26.2 Å². The standard InChI is InChI=1S/C16H22N2O5/c19-14(18-9-3-1-2-4-10-18)12-23-15(20)7-8-17-16(21)13-6-5-11-22-13/h5-6,11H,1-4,7-10,12H2,(H,17,21). The summed E-state index contributed by atoms with van der Waals surface area (Å²) in [5.74, 6) is -0.856. The molecule has 0 unspecified atom stereocenters. The van der Waals surface area contributed by atoms with Gasteiger partial charge in [0.1, 0.15) is 0 Å². The number of nitrogens with zero attached hydrogens (tertiary/aromatic N) is 1. The maximum absolute atomic E-state index is 12.0. The highest BCUT2D eigenvalue weighted by Crippen LogP contribution is 2.09. The van der Waals surface area contributed by atoms with Crippen LogP contribution in [0.1, 0.15) is 42.7 Å². The maximum Gasteiger partial charge on any atom is 0.308 e. The van der Waals surface area contributed by atoms with Crippen molar-refractivity contribution in [3.63, 3.8) is 0 Å². The van der Waals surface area contributed by atoms with Crippen LogP contribution in [0.15, 0.2) is 22.8 Å². The molecule has 2 heterocycles. The smallest absolute Gasteiger partial charge is 0.308 e. The van der Waals surface area contributed by atoms with E-state index in [-0.39, 0.29) is 37.1 Å². The Balaban J connectivity index is 1.61. The van der Waals surface area contributed by atoms with Crippen molar-refractivity contribution in [2.24, 2.45) is 0 Å². The summed E-state index contributed by atoms with van der Waals surface area (Å²) in [6.07, 6.45) is 5.69. The van der Waals surface area contributed by atoms with E-state index in [1.807, 2.05) is 0 Å². The molecule has 1 aromatic rings. The van der Waals surface area contributed by atoms with Gasteiger partial charge in [0.15, 0.2) is 12.4 Å². The molecule has 2 rings (SSSR count). The zero-order valence-corrected chi connectivity index (χ0v) is 13.1. The minimum Gasteiger partial charge on any atom is -0.459 e. The molecule has 2 amide bonds. The van der Waals surface area contributed by atoms with Gasteiger partial charge < -0.3 is 19.4 Å². The number of hydrogen-bond donors (Lipinski definition) is 1. The number of hydrogen-bond acceptors (Lipinski definition) is 5. The van der Waals surface area contributed by atoms with E-state index in [0.717, 1.165) is 38.8 Å². The SMILES string of the molecule is O=C(CCNC(=O)c1ccco1)OCC(=O)N1CCCCCC1. The van der Waals surface area contributed by atoms with Crippen molar-refractivity contribution in [1.29, 1.82) is 0 Å². The molecule has 0 bridgehead atoms. The van der Waals surface area contributed by atoms with E-state index in [4.69, 9.17) is 9.15 Å². The number of amides is 2. The molecule has 1 saturated heterocycles. The fraction of sp³-hybridized carbons (Fsp3) is 0.562. The van der Waals surface area contributed by atoms with Crippen molar-refractivity contribution < 1.29 is 23.5 Å². The number of carbonyl (C=O) groups is 3. The Morgan fingerprint density at radius 3 is 2.57 bits per heavy atom. The lowest BCUT2D eigenvalue weighted by atomic mass is 10.2. The second-order valence-corrected chi connectivity index (χ2v) is 5.44. The molecular weight excluding hydrogens is 300 g/mol. The highest BCUT2D eigenvalue weighted by atomic mass is 16.5. The number of likely N-dealkylation sites (tertiary alicyclic amines) is 1. The van der Waals surface area contributed by atoms with Crippen molar-refractivity contribution in [3.05, 3.63) is 24.2 Å². The average Bonchev–Trinajstić information content (AvgIpc) is 2.95. The number of nitrogens with one attached hydrogen (secondary N) is 1. The number of ether oxygens (including phenoxy) is 1. The van der Waals surface area contributed by atoms with E-state index in [1.165, 1.54) is 12.3 Å². The highest BCUT2D eigenvalue weighted by molar-refractivity contribution is 5.91. The van der Waals surface area contributed by atoms with Gasteiger partial charge in [0.25, 0.3) is 11.8 Å². The average molecular weight is 322 g/mol. The lowest BCUT2D eigenvalue weighted by molar-refractivity contribution is -0.151. The molecule has 7 nitrogen and oxygen atoms in total. The summed E-state index contributed by atoms with van der Waals surface area (Å²) in [5.41, 5.74) is 0. The molecule has 0 aliphatic carbocycles. The zero-order valence-electron chi connectivity index (χ0n) is 13.1. The summed E-state index contributed by atoms with van der Waals surface area (Å²) < 4.78 is 9.90. The van der Waals surface area contributed by atoms with Crippen molar-refractivity contribution >= 4 is 17.8 Å². The van der Waals surface area contributed by atoms with Crippen LogP contribution in [-0.2, 0) is 14.3 Å². The molecule has 0 spiro atoms. The second-order valence-electron chi connectivity index (χ2n) is 5.44. The lowest BCUT2D eigenvalue weighted by Gasteiger charge is -2.19. The van der Waals surface area contributed by atoms with E-state index in [1.54, 1.807) is 11.0 Å². The van der Waals surface area contributed by atoms with Gasteiger partial charge in [-0.25, -0.2) is 0 Å². The summed E-state index contributed by atoms with van der Waals surface area (Å²) in [7, 11) is 0. The molecule has 0 saturated carbocycles. The molecule has 1 aliphatic heterocycles. The van der Waals surface area contributed by atoms with Crippen LogP contribution >= 0.6 is 0 Å². The first-order valence-corrected chi connectivity index (χ1v) is 7.92. The van der Waals surface area contributed by atoms with Crippen molar-refractivity contribution in [1.82, 2.24) is 10.2 Å². The topological polar surface area (TPSA) is 88.9 Å². The van der Waals surface area contributed by atoms with Crippen LogP contribution in [0.3, 0.4) is 0 Å². The van der Waals surface area contributed by atoms with E-state index in [0.29, 0.717) is 0 Å². The predicted octanol–water partition coefficient (Wildman–Crippen LogP) is 1.35. The van der Waals surface area contributed by atoms with E-state index < -0.39 is 5.97 Å². The van der Waals surface area contributed by atoms with Crippen LogP contribution in [0.4, 0.5) is 0 Å². The van der Waals surface area contributed by atoms with Gasteiger partial charge >= 0.3 is 5.97 Å². The second kappa shape index (κ2) is 8.97.